The van der Waals surface area contributed by atoms with Gasteiger partial charge in [-0.15, -0.1) is 10.2 Å². The fourth-order valence-corrected chi connectivity index (χ4v) is 4.11. The van der Waals surface area contributed by atoms with Crippen LogP contribution in [0.5, 0.6) is 0 Å². The fourth-order valence-electron chi connectivity index (χ4n) is 3.02. The van der Waals surface area contributed by atoms with E-state index >= 15 is 0 Å². The van der Waals surface area contributed by atoms with Gasteiger partial charge in [-0.3, -0.25) is 14.5 Å². The Morgan fingerprint density at radius 2 is 2.04 bits per heavy atom. The molecule has 0 bridgehead atoms. The van der Waals surface area contributed by atoms with Crippen molar-refractivity contribution in [1.29, 1.82) is 0 Å². The highest BCUT2D eigenvalue weighted by molar-refractivity contribution is 8.00. The molecule has 1 saturated heterocycles. The molecule has 2 aromatic heterocycles. The van der Waals surface area contributed by atoms with Crippen LogP contribution in [0.15, 0.2) is 52.2 Å². The minimum Gasteiger partial charge on any atom is -0.410 e. The molecule has 7 nitrogen and oxygen atoms in total. The van der Waals surface area contributed by atoms with E-state index < -0.39 is 5.25 Å². The third-order valence-corrected chi connectivity index (χ3v) is 5.79. The number of nitrogens with one attached hydrogen (secondary N) is 1. The number of aromatic amines is 1. The molecular weight excluding hydrogens is 400 g/mol. The fraction of sp³-hybridized carbons (Fsp3) is 0.263. The largest absolute Gasteiger partial charge is 0.410 e. The summed E-state index contributed by atoms with van der Waals surface area (Å²) in [4.78, 5) is 30.2. The van der Waals surface area contributed by atoms with Crippen LogP contribution in [0.4, 0.5) is 0 Å². The van der Waals surface area contributed by atoms with Gasteiger partial charge in [-0.05, 0) is 49.2 Å². The van der Waals surface area contributed by atoms with Crippen molar-refractivity contribution in [2.24, 2.45) is 0 Å². The van der Waals surface area contributed by atoms with E-state index in [2.05, 4.69) is 15.2 Å². The molecule has 1 aromatic carbocycles. The average Bonchev–Trinajstić information content (AvgIpc) is 3.35. The molecule has 3 heterocycles. The number of H-pyrrole nitrogens is 1. The van der Waals surface area contributed by atoms with Gasteiger partial charge in [0.05, 0.1) is 5.25 Å². The van der Waals surface area contributed by atoms with Gasteiger partial charge in [0, 0.05) is 23.3 Å². The lowest BCUT2D eigenvalue weighted by molar-refractivity contribution is -0.127. The Kier molecular flexibility index (Phi) is 5.50. The van der Waals surface area contributed by atoms with Crippen LogP contribution in [0.3, 0.4) is 0 Å². The number of hydrogen-bond acceptors (Lipinski definition) is 6. The zero-order valence-corrected chi connectivity index (χ0v) is 16.4. The SMILES string of the molecule is O=C(c1ccc(Cl)cc1)N1CCCCC(Sc2nnc(-c3ccc[nH]3)o2)C1=O. The first kappa shape index (κ1) is 18.8. The summed E-state index contributed by atoms with van der Waals surface area (Å²) >= 11 is 7.09. The summed E-state index contributed by atoms with van der Waals surface area (Å²) in [5, 5.41) is 8.44. The molecule has 3 aromatic rings. The maximum Gasteiger partial charge on any atom is 0.277 e. The van der Waals surface area contributed by atoms with E-state index in [-0.39, 0.29) is 11.8 Å². The average molecular weight is 417 g/mol. The number of rotatable bonds is 4. The molecular formula is C19H17ClN4O3S. The van der Waals surface area contributed by atoms with Crippen LogP contribution in [0.25, 0.3) is 11.6 Å². The molecule has 1 atom stereocenters. The monoisotopic (exact) mass is 416 g/mol. The predicted octanol–water partition coefficient (Wildman–Crippen LogP) is 4.03. The van der Waals surface area contributed by atoms with Crippen LogP contribution in [0.2, 0.25) is 5.02 Å². The highest BCUT2D eigenvalue weighted by atomic mass is 35.5. The number of hydrogen-bond donors (Lipinski definition) is 1. The first-order valence-corrected chi connectivity index (χ1v) is 10.1. The van der Waals surface area contributed by atoms with Gasteiger partial charge in [-0.2, -0.15) is 0 Å². The van der Waals surface area contributed by atoms with Crippen molar-refractivity contribution in [3.8, 4) is 11.6 Å². The number of thioether (sulfide) groups is 1. The molecule has 0 aliphatic carbocycles. The molecule has 0 saturated carbocycles. The number of halogens is 1. The number of imide groups is 1. The molecule has 1 N–H and O–H groups in total. The van der Waals surface area contributed by atoms with Gasteiger partial charge >= 0.3 is 0 Å². The highest BCUT2D eigenvalue weighted by Gasteiger charge is 2.33. The molecule has 28 heavy (non-hydrogen) atoms. The predicted molar refractivity (Wildman–Crippen MR) is 105 cm³/mol. The molecule has 1 unspecified atom stereocenters. The smallest absolute Gasteiger partial charge is 0.277 e. The zero-order valence-electron chi connectivity index (χ0n) is 14.8. The van der Waals surface area contributed by atoms with E-state index in [0.29, 0.717) is 40.4 Å². The normalized spacial score (nSPS) is 17.5. The first-order chi connectivity index (χ1) is 13.6. The molecule has 0 radical (unpaired) electrons. The van der Waals surface area contributed by atoms with E-state index in [1.165, 1.54) is 16.7 Å². The summed E-state index contributed by atoms with van der Waals surface area (Å²) in [5.74, 6) is -0.184. The Hall–Kier alpha value is -2.58. The zero-order chi connectivity index (χ0) is 19.5. The molecule has 2 amide bonds. The minimum atomic E-state index is -0.448. The summed E-state index contributed by atoms with van der Waals surface area (Å²) in [6.45, 7) is 0.398. The Morgan fingerprint density at radius 1 is 1.21 bits per heavy atom. The number of amides is 2. The van der Waals surface area contributed by atoms with Gasteiger partial charge in [0.25, 0.3) is 17.0 Å². The Labute approximate surface area is 170 Å². The van der Waals surface area contributed by atoms with Crippen LogP contribution in [0, 0.1) is 0 Å². The topological polar surface area (TPSA) is 92.1 Å². The first-order valence-electron chi connectivity index (χ1n) is 8.87. The van der Waals surface area contributed by atoms with Crippen molar-refractivity contribution < 1.29 is 14.0 Å². The van der Waals surface area contributed by atoms with Crippen LogP contribution >= 0.6 is 23.4 Å². The van der Waals surface area contributed by atoms with Crippen LogP contribution in [-0.2, 0) is 4.79 Å². The second-order valence-electron chi connectivity index (χ2n) is 6.36. The number of carbonyl (C=O) groups is 2. The van der Waals surface area contributed by atoms with Crippen LogP contribution < -0.4 is 0 Å². The maximum atomic E-state index is 13.0. The molecule has 9 heteroatoms. The number of carbonyl (C=O) groups excluding carboxylic acids is 2. The van der Waals surface area contributed by atoms with E-state index in [0.717, 1.165) is 12.8 Å². The summed E-state index contributed by atoms with van der Waals surface area (Å²) < 4.78 is 5.65. The summed E-state index contributed by atoms with van der Waals surface area (Å²) in [6.07, 6.45) is 4.01. The summed E-state index contributed by atoms with van der Waals surface area (Å²) in [6, 6.07) is 10.2. The molecule has 1 fully saturated rings. The molecule has 0 spiro atoms. The van der Waals surface area contributed by atoms with Crippen molar-refractivity contribution in [1.82, 2.24) is 20.1 Å². The highest BCUT2D eigenvalue weighted by Crippen LogP contribution is 2.31. The van der Waals surface area contributed by atoms with Crippen molar-refractivity contribution in [3.63, 3.8) is 0 Å². The maximum absolute atomic E-state index is 13.0. The summed E-state index contributed by atoms with van der Waals surface area (Å²) in [5.41, 5.74) is 1.15. The van der Waals surface area contributed by atoms with E-state index in [4.69, 9.17) is 16.0 Å². The molecule has 4 rings (SSSR count). The van der Waals surface area contributed by atoms with Gasteiger partial charge in [-0.25, -0.2) is 0 Å². The van der Waals surface area contributed by atoms with Gasteiger partial charge < -0.3 is 9.40 Å². The van der Waals surface area contributed by atoms with Crippen molar-refractivity contribution in [3.05, 3.63) is 53.2 Å². The van der Waals surface area contributed by atoms with E-state index in [9.17, 15) is 9.59 Å². The minimum absolute atomic E-state index is 0.234. The quantitative estimate of drug-likeness (QED) is 0.645. The Bertz CT molecular complexity index is 971. The lowest BCUT2D eigenvalue weighted by Crippen LogP contribution is -2.41. The number of benzene rings is 1. The second-order valence-corrected chi connectivity index (χ2v) is 7.95. The molecule has 1 aliphatic rings. The summed E-state index contributed by atoms with van der Waals surface area (Å²) in [7, 11) is 0. The number of likely N-dealkylation sites (tertiary alicyclic amines) is 1. The van der Waals surface area contributed by atoms with Crippen LogP contribution in [0.1, 0.15) is 29.6 Å². The number of aromatic nitrogens is 3. The standard InChI is InChI=1S/C19H17ClN4O3S/c20-13-8-6-12(7-9-13)17(25)24-11-2-1-5-15(18(24)26)28-19-23-22-16(27-19)14-4-3-10-21-14/h3-4,6-10,15,21H,1-2,5,11H2. The van der Waals surface area contributed by atoms with E-state index in [1.54, 1.807) is 30.5 Å². The lowest BCUT2D eigenvalue weighted by atomic mass is 10.2. The number of nitrogens with zero attached hydrogens (tertiary/aromatic N) is 3. The second kappa shape index (κ2) is 8.20. The van der Waals surface area contributed by atoms with Gasteiger partial charge in [-0.1, -0.05) is 29.8 Å². The molecule has 144 valence electrons. The third kappa shape index (κ3) is 3.98. The van der Waals surface area contributed by atoms with Gasteiger partial charge in [0.2, 0.25) is 5.91 Å². The molecule has 1 aliphatic heterocycles. The van der Waals surface area contributed by atoms with Gasteiger partial charge in [0.1, 0.15) is 5.69 Å². The van der Waals surface area contributed by atoms with Crippen molar-refractivity contribution in [2.75, 3.05) is 6.54 Å². The third-order valence-electron chi connectivity index (χ3n) is 4.45. The van der Waals surface area contributed by atoms with E-state index in [1.807, 2.05) is 12.1 Å². The van der Waals surface area contributed by atoms with Crippen molar-refractivity contribution >= 4 is 35.2 Å². The Morgan fingerprint density at radius 3 is 2.79 bits per heavy atom. The van der Waals surface area contributed by atoms with Gasteiger partial charge in [0.15, 0.2) is 0 Å². The Balaban J connectivity index is 1.50. The van der Waals surface area contributed by atoms with Crippen LogP contribution in [-0.4, -0.2) is 43.7 Å². The van der Waals surface area contributed by atoms with Crippen molar-refractivity contribution in [2.45, 2.75) is 29.7 Å². The lowest BCUT2D eigenvalue weighted by Gasteiger charge is -2.21.